The number of rotatable bonds is 6. The summed E-state index contributed by atoms with van der Waals surface area (Å²) in [5.74, 6) is 0.740. The third-order valence-electron chi connectivity index (χ3n) is 2.34. The van der Waals surface area contributed by atoms with Gasteiger partial charge in [-0.05, 0) is 25.7 Å². The SMILES string of the molecule is CC(Cl)C(=O)N(C)CCOCC1CC1. The van der Waals surface area contributed by atoms with Gasteiger partial charge < -0.3 is 9.64 Å². The predicted molar refractivity (Wildman–Crippen MR) is 56.5 cm³/mol. The number of carbonyl (C=O) groups excluding carboxylic acids is 1. The van der Waals surface area contributed by atoms with Crippen LogP contribution in [0, 0.1) is 5.92 Å². The molecule has 0 bridgehead atoms. The molecule has 4 heteroatoms. The average Bonchev–Trinajstić information content (AvgIpc) is 2.94. The third-order valence-corrected chi connectivity index (χ3v) is 2.52. The Morgan fingerprint density at radius 1 is 1.64 bits per heavy atom. The van der Waals surface area contributed by atoms with E-state index in [1.807, 2.05) is 0 Å². The van der Waals surface area contributed by atoms with Gasteiger partial charge in [0.15, 0.2) is 0 Å². The van der Waals surface area contributed by atoms with Crippen LogP contribution < -0.4 is 0 Å². The smallest absolute Gasteiger partial charge is 0.240 e. The van der Waals surface area contributed by atoms with Crippen molar-refractivity contribution in [3.8, 4) is 0 Å². The van der Waals surface area contributed by atoms with Crippen LogP contribution in [0.2, 0.25) is 0 Å². The topological polar surface area (TPSA) is 29.5 Å². The van der Waals surface area contributed by atoms with Gasteiger partial charge in [-0.15, -0.1) is 11.6 Å². The molecule has 0 aliphatic heterocycles. The number of likely N-dealkylation sites (N-methyl/N-ethyl adjacent to an activating group) is 1. The van der Waals surface area contributed by atoms with E-state index in [9.17, 15) is 4.79 Å². The summed E-state index contributed by atoms with van der Waals surface area (Å²) in [7, 11) is 1.75. The highest BCUT2D eigenvalue weighted by Crippen LogP contribution is 2.28. The zero-order valence-corrected chi connectivity index (χ0v) is 9.59. The van der Waals surface area contributed by atoms with Crippen LogP contribution in [0.5, 0.6) is 0 Å². The van der Waals surface area contributed by atoms with Crippen LogP contribution >= 0.6 is 11.6 Å². The highest BCUT2D eigenvalue weighted by molar-refractivity contribution is 6.30. The van der Waals surface area contributed by atoms with Crippen molar-refractivity contribution in [3.05, 3.63) is 0 Å². The Morgan fingerprint density at radius 2 is 2.29 bits per heavy atom. The lowest BCUT2D eigenvalue weighted by atomic mass is 10.4. The minimum Gasteiger partial charge on any atom is -0.379 e. The molecule has 0 aromatic rings. The average molecular weight is 220 g/mol. The molecule has 0 spiro atoms. The normalized spacial score (nSPS) is 17.9. The molecule has 0 saturated heterocycles. The first-order chi connectivity index (χ1) is 6.61. The maximum atomic E-state index is 11.3. The van der Waals surface area contributed by atoms with Gasteiger partial charge in [-0.1, -0.05) is 0 Å². The largest absolute Gasteiger partial charge is 0.379 e. The molecule has 1 atom stereocenters. The highest BCUT2D eigenvalue weighted by atomic mass is 35.5. The molecule has 1 saturated carbocycles. The van der Waals surface area contributed by atoms with Crippen LogP contribution in [-0.2, 0) is 9.53 Å². The van der Waals surface area contributed by atoms with Crippen molar-refractivity contribution in [1.82, 2.24) is 4.90 Å². The molecule has 0 radical (unpaired) electrons. The van der Waals surface area contributed by atoms with Crippen molar-refractivity contribution >= 4 is 17.5 Å². The number of hydrogen-bond donors (Lipinski definition) is 0. The van der Waals surface area contributed by atoms with Gasteiger partial charge in [0.05, 0.1) is 6.61 Å². The predicted octanol–water partition coefficient (Wildman–Crippen LogP) is 1.50. The van der Waals surface area contributed by atoms with Crippen molar-refractivity contribution in [1.29, 1.82) is 0 Å². The molecule has 0 heterocycles. The Morgan fingerprint density at radius 3 is 2.79 bits per heavy atom. The molecule has 1 amide bonds. The number of carbonyl (C=O) groups is 1. The van der Waals surface area contributed by atoms with Crippen LogP contribution in [0.15, 0.2) is 0 Å². The first-order valence-electron chi connectivity index (χ1n) is 5.08. The molecule has 1 aliphatic rings. The zero-order chi connectivity index (χ0) is 10.6. The zero-order valence-electron chi connectivity index (χ0n) is 8.83. The fraction of sp³-hybridized carbons (Fsp3) is 0.900. The Hall–Kier alpha value is -0.280. The molecular formula is C10H18ClNO2. The van der Waals surface area contributed by atoms with E-state index in [-0.39, 0.29) is 5.91 Å². The number of alkyl halides is 1. The van der Waals surface area contributed by atoms with Crippen LogP contribution in [0.25, 0.3) is 0 Å². The molecule has 1 fully saturated rings. The fourth-order valence-corrected chi connectivity index (χ4v) is 1.32. The van der Waals surface area contributed by atoms with Crippen molar-refractivity contribution in [2.75, 3.05) is 26.8 Å². The van der Waals surface area contributed by atoms with Gasteiger partial charge in [-0.2, -0.15) is 0 Å². The Labute approximate surface area is 90.4 Å². The lowest BCUT2D eigenvalue weighted by Gasteiger charge is -2.18. The third kappa shape index (κ3) is 4.29. The fourth-order valence-electron chi connectivity index (χ4n) is 1.15. The molecule has 1 rings (SSSR count). The summed E-state index contributed by atoms with van der Waals surface area (Å²) < 4.78 is 5.42. The Kier molecular flexibility index (Phi) is 4.69. The second kappa shape index (κ2) is 5.56. The molecule has 0 aromatic heterocycles. The number of nitrogens with zero attached hydrogens (tertiary/aromatic N) is 1. The summed E-state index contributed by atoms with van der Waals surface area (Å²) in [6.45, 7) is 3.77. The second-order valence-electron chi connectivity index (χ2n) is 3.89. The second-order valence-corrected chi connectivity index (χ2v) is 4.55. The van der Waals surface area contributed by atoms with E-state index in [0.717, 1.165) is 12.5 Å². The molecule has 14 heavy (non-hydrogen) atoms. The Balaban J connectivity index is 2.01. The van der Waals surface area contributed by atoms with Gasteiger partial charge in [0.2, 0.25) is 5.91 Å². The van der Waals surface area contributed by atoms with Crippen LogP contribution in [0.1, 0.15) is 19.8 Å². The minimum atomic E-state index is -0.441. The van der Waals surface area contributed by atoms with E-state index in [2.05, 4.69) is 0 Å². The van der Waals surface area contributed by atoms with Crippen molar-refractivity contribution in [2.45, 2.75) is 25.1 Å². The molecular weight excluding hydrogens is 202 g/mol. The monoisotopic (exact) mass is 219 g/mol. The molecule has 82 valence electrons. The van der Waals surface area contributed by atoms with E-state index >= 15 is 0 Å². The van der Waals surface area contributed by atoms with Crippen molar-refractivity contribution in [3.63, 3.8) is 0 Å². The van der Waals surface area contributed by atoms with Crippen LogP contribution in [0.4, 0.5) is 0 Å². The van der Waals surface area contributed by atoms with Gasteiger partial charge in [-0.25, -0.2) is 0 Å². The van der Waals surface area contributed by atoms with Gasteiger partial charge in [0.1, 0.15) is 5.38 Å². The van der Waals surface area contributed by atoms with Crippen molar-refractivity contribution in [2.24, 2.45) is 5.92 Å². The summed E-state index contributed by atoms with van der Waals surface area (Å²) in [4.78, 5) is 12.9. The summed E-state index contributed by atoms with van der Waals surface area (Å²) in [6.07, 6.45) is 2.60. The van der Waals surface area contributed by atoms with Gasteiger partial charge in [0, 0.05) is 20.2 Å². The number of amides is 1. The van der Waals surface area contributed by atoms with E-state index < -0.39 is 5.38 Å². The lowest BCUT2D eigenvalue weighted by molar-refractivity contribution is -0.129. The van der Waals surface area contributed by atoms with Crippen LogP contribution in [-0.4, -0.2) is 43.0 Å². The van der Waals surface area contributed by atoms with Gasteiger partial charge in [0.25, 0.3) is 0 Å². The molecule has 3 nitrogen and oxygen atoms in total. The molecule has 0 N–H and O–H groups in total. The number of hydrogen-bond acceptors (Lipinski definition) is 2. The number of halogens is 1. The maximum Gasteiger partial charge on any atom is 0.240 e. The van der Waals surface area contributed by atoms with E-state index in [1.165, 1.54) is 12.8 Å². The molecule has 1 aliphatic carbocycles. The van der Waals surface area contributed by atoms with Crippen LogP contribution in [0.3, 0.4) is 0 Å². The van der Waals surface area contributed by atoms with E-state index in [4.69, 9.17) is 16.3 Å². The van der Waals surface area contributed by atoms with Gasteiger partial charge in [-0.3, -0.25) is 4.79 Å². The molecule has 0 aromatic carbocycles. The Bertz CT molecular complexity index is 193. The highest BCUT2D eigenvalue weighted by Gasteiger charge is 2.21. The summed E-state index contributed by atoms with van der Waals surface area (Å²) in [5, 5.41) is -0.441. The summed E-state index contributed by atoms with van der Waals surface area (Å²) >= 11 is 5.66. The maximum absolute atomic E-state index is 11.3. The standard InChI is InChI=1S/C10H18ClNO2/c1-8(11)10(13)12(2)5-6-14-7-9-3-4-9/h8-9H,3-7H2,1-2H3. The summed E-state index contributed by atoms with van der Waals surface area (Å²) in [5.41, 5.74) is 0. The van der Waals surface area contributed by atoms with Crippen molar-refractivity contribution < 1.29 is 9.53 Å². The van der Waals surface area contributed by atoms with E-state index in [0.29, 0.717) is 13.2 Å². The molecule has 1 unspecified atom stereocenters. The quantitative estimate of drug-likeness (QED) is 0.501. The summed E-state index contributed by atoms with van der Waals surface area (Å²) in [6, 6.07) is 0. The first-order valence-corrected chi connectivity index (χ1v) is 5.51. The minimum absolute atomic E-state index is 0.0401. The number of ether oxygens (including phenoxy) is 1. The first kappa shape index (κ1) is 11.8. The van der Waals surface area contributed by atoms with Gasteiger partial charge >= 0.3 is 0 Å². The lowest BCUT2D eigenvalue weighted by Crippen LogP contribution is -2.34. The van der Waals surface area contributed by atoms with E-state index in [1.54, 1.807) is 18.9 Å².